The monoisotopic (exact) mass is 1270 g/mol. The second-order valence-corrected chi connectivity index (χ2v) is 27.8. The molecule has 0 aliphatic heterocycles. The quantitative estimate of drug-likeness (QED) is 0.0560. The van der Waals surface area contributed by atoms with E-state index in [4.69, 9.17) is 17.5 Å². The Morgan fingerprint density at radius 2 is 0.626 bits per heavy atom. The van der Waals surface area contributed by atoms with Gasteiger partial charge in [-0.3, -0.25) is 0 Å². The van der Waals surface area contributed by atoms with Crippen LogP contribution in [0.15, 0.2) is 194 Å². The third-order valence-electron chi connectivity index (χ3n) is 16.8. The van der Waals surface area contributed by atoms with Gasteiger partial charge in [-0.2, -0.15) is 17.5 Å². The molecule has 0 amide bonds. The molecule has 13 rings (SSSR count). The Bertz CT molecular complexity index is 4380. The maximum atomic E-state index is 4.95. The number of nitrogens with zero attached hydrogens (tertiary/aromatic N) is 6. The Hall–Kier alpha value is -8.78. The van der Waals surface area contributed by atoms with E-state index in [-0.39, 0.29) is 0 Å². The van der Waals surface area contributed by atoms with E-state index < -0.39 is 0 Å². The minimum atomic E-state index is 0.923. The fourth-order valence-corrected chi connectivity index (χ4v) is 15.8. The molecule has 0 aliphatic carbocycles. The Labute approximate surface area is 556 Å². The first kappa shape index (κ1) is 61.1. The molecule has 5 aromatic heterocycles. The first-order valence-electron chi connectivity index (χ1n) is 31.6. The summed E-state index contributed by atoms with van der Waals surface area (Å²) in [6.45, 7) is 13.1. The van der Waals surface area contributed by atoms with Crippen LogP contribution in [-0.2, 0) is 12.8 Å². The molecule has 0 N–H and O–H groups in total. The lowest BCUT2D eigenvalue weighted by atomic mass is 9.99. The van der Waals surface area contributed by atoms with Crippen LogP contribution in [0.3, 0.4) is 0 Å². The molecule has 0 bridgehead atoms. The summed E-state index contributed by atoms with van der Waals surface area (Å²) in [6, 6.07) is 70.5. The molecule has 0 radical (unpaired) electrons. The summed E-state index contributed by atoms with van der Waals surface area (Å²) in [5, 5.41) is 0. The zero-order chi connectivity index (χ0) is 62.2. The number of aryl methyl sites for hydroxylation is 6. The molecule has 13 aromatic rings. The topological polar surface area (TPSA) is 58.0 Å². The lowest BCUT2D eigenvalue weighted by molar-refractivity contribution is 0.667. The van der Waals surface area contributed by atoms with Gasteiger partial charge in [-0.05, 0) is 196 Å². The molecule has 8 aromatic carbocycles. The standard InChI is InChI=1S/C80H70N6S5/c1-7-9-11-13-15-59-51-75(71-47-45-69(77-79(71)83-90-81-77)57-25-37-65(38-26-57)85(61-29-17-53(3)18-30-61)62-31-19-54(4)20-32-62)88-73(59)49-43-67-41-42-68(87-67)44-50-74-60(16-14-12-10-8-2)52-76(89-74)72-48-46-70(78-80(72)84-91-82-78)58-27-39-66(40-28-58)86(63-33-21-55(5)22-34-63)64-35-23-56(6)24-36-64/h17-42,45-48,51-52H,7-16H2,1-6H3. The molecule has 5 heterocycles. The smallest absolute Gasteiger partial charge is 0.114 e. The van der Waals surface area contributed by atoms with Crippen LogP contribution in [0.4, 0.5) is 34.1 Å². The zero-order valence-corrected chi connectivity index (χ0v) is 56.4. The fourth-order valence-electron chi connectivity index (χ4n) is 11.7. The van der Waals surface area contributed by atoms with Crippen molar-refractivity contribution in [1.29, 1.82) is 0 Å². The molecule has 11 heteroatoms. The van der Waals surface area contributed by atoms with Crippen LogP contribution in [0, 0.1) is 51.4 Å². The van der Waals surface area contributed by atoms with Gasteiger partial charge in [0.15, 0.2) is 0 Å². The van der Waals surface area contributed by atoms with E-state index in [0.717, 1.165) is 135 Å². The second-order valence-electron chi connectivity index (χ2n) is 23.6. The van der Waals surface area contributed by atoms with E-state index in [2.05, 4.69) is 269 Å². The number of fused-ring (bicyclic) bond motifs is 2. The molecule has 0 spiro atoms. The van der Waals surface area contributed by atoms with Gasteiger partial charge in [0.05, 0.1) is 43.0 Å². The van der Waals surface area contributed by atoms with Crippen LogP contribution >= 0.6 is 57.5 Å². The minimum absolute atomic E-state index is 0.923. The Balaban J connectivity index is 0.754. The van der Waals surface area contributed by atoms with Crippen molar-refractivity contribution < 1.29 is 0 Å². The molecular formula is C80H70N6S5. The summed E-state index contributed by atoms with van der Waals surface area (Å²) >= 11 is 7.77. The highest BCUT2D eigenvalue weighted by atomic mass is 32.1. The number of thiophene rings is 3. The van der Waals surface area contributed by atoms with Crippen LogP contribution in [0.1, 0.15) is 118 Å². The van der Waals surface area contributed by atoms with Crippen molar-refractivity contribution in [3.05, 3.63) is 247 Å². The van der Waals surface area contributed by atoms with Crippen LogP contribution in [0.2, 0.25) is 0 Å². The molecule has 450 valence electrons. The molecule has 0 fully saturated rings. The highest BCUT2D eigenvalue weighted by Crippen LogP contribution is 2.44. The van der Waals surface area contributed by atoms with Crippen molar-refractivity contribution in [2.24, 2.45) is 0 Å². The van der Waals surface area contributed by atoms with Crippen molar-refractivity contribution >= 4 is 114 Å². The van der Waals surface area contributed by atoms with Gasteiger partial charge in [0.1, 0.15) is 22.1 Å². The SMILES string of the molecule is CCCCCCc1cc(-c2ccc(-c3ccc(N(c4ccc(C)cc4)c4ccc(C)cc4)cc3)c3nsnc23)sc1C#Cc1ccc(C#Cc2sc(-c3ccc(-c4ccc(N(c5ccc(C)cc5)c5ccc(C)cc5)cc4)c4nsnc34)cc2CCCCCC)s1. The Morgan fingerprint density at radius 1 is 0.319 bits per heavy atom. The zero-order valence-electron chi connectivity index (χ0n) is 52.3. The van der Waals surface area contributed by atoms with E-state index in [9.17, 15) is 0 Å². The second kappa shape index (κ2) is 28.2. The summed E-state index contributed by atoms with van der Waals surface area (Å²) in [4.78, 5) is 11.2. The maximum Gasteiger partial charge on any atom is 0.114 e. The van der Waals surface area contributed by atoms with Crippen LogP contribution in [0.25, 0.3) is 65.2 Å². The van der Waals surface area contributed by atoms with Crippen LogP contribution < -0.4 is 9.80 Å². The van der Waals surface area contributed by atoms with Gasteiger partial charge in [-0.15, -0.1) is 34.0 Å². The van der Waals surface area contributed by atoms with Crippen molar-refractivity contribution in [1.82, 2.24) is 17.5 Å². The molecule has 91 heavy (non-hydrogen) atoms. The summed E-state index contributed by atoms with van der Waals surface area (Å²) < 4.78 is 19.8. The fraction of sp³-hybridized carbons (Fsp3) is 0.200. The Kier molecular flexibility index (Phi) is 18.9. The van der Waals surface area contributed by atoms with Crippen LogP contribution in [0.5, 0.6) is 0 Å². The van der Waals surface area contributed by atoms with Gasteiger partial charge in [0, 0.05) is 66.1 Å². The largest absolute Gasteiger partial charge is 0.311 e. The molecule has 0 atom stereocenters. The number of hydrogen-bond acceptors (Lipinski definition) is 11. The van der Waals surface area contributed by atoms with Gasteiger partial charge < -0.3 is 9.80 Å². The number of unbranched alkanes of at least 4 members (excludes halogenated alkanes) is 6. The summed E-state index contributed by atoms with van der Waals surface area (Å²) in [6.07, 6.45) is 11.5. The lowest BCUT2D eigenvalue weighted by Gasteiger charge is -2.26. The van der Waals surface area contributed by atoms with E-state index in [0.29, 0.717) is 0 Å². The molecular weight excluding hydrogens is 1210 g/mol. The highest BCUT2D eigenvalue weighted by molar-refractivity contribution is 7.17. The van der Waals surface area contributed by atoms with Crippen molar-refractivity contribution in [3.8, 4) is 66.8 Å². The first-order valence-corrected chi connectivity index (χ1v) is 35.5. The third-order valence-corrected chi connectivity index (χ3v) is 21.1. The summed E-state index contributed by atoms with van der Waals surface area (Å²) in [5.74, 6) is 14.5. The number of benzene rings is 8. The van der Waals surface area contributed by atoms with Gasteiger partial charge in [0.25, 0.3) is 0 Å². The number of anilines is 6. The predicted octanol–water partition coefficient (Wildman–Crippen LogP) is 23.8. The van der Waals surface area contributed by atoms with Gasteiger partial charge in [0.2, 0.25) is 0 Å². The predicted molar refractivity (Wildman–Crippen MR) is 393 cm³/mol. The first-order chi connectivity index (χ1) is 44.6. The molecule has 6 nitrogen and oxygen atoms in total. The van der Waals surface area contributed by atoms with Crippen LogP contribution in [-0.4, -0.2) is 17.5 Å². The summed E-state index contributed by atoms with van der Waals surface area (Å²) in [5.41, 5.74) is 24.5. The molecule has 0 saturated carbocycles. The normalized spacial score (nSPS) is 11.2. The Morgan fingerprint density at radius 3 is 0.956 bits per heavy atom. The van der Waals surface area contributed by atoms with E-state index in [1.54, 1.807) is 34.0 Å². The molecule has 0 aliphatic rings. The third kappa shape index (κ3) is 13.8. The van der Waals surface area contributed by atoms with Crippen molar-refractivity contribution in [2.75, 3.05) is 9.80 Å². The average Bonchev–Trinajstić information content (AvgIpc) is 1.91. The number of rotatable bonds is 20. The number of hydrogen-bond donors (Lipinski definition) is 0. The summed E-state index contributed by atoms with van der Waals surface area (Å²) in [7, 11) is 0. The van der Waals surface area contributed by atoms with Gasteiger partial charge in [-0.25, -0.2) is 0 Å². The average molecular weight is 1280 g/mol. The van der Waals surface area contributed by atoms with E-state index in [1.165, 1.54) is 105 Å². The van der Waals surface area contributed by atoms with Gasteiger partial charge in [-0.1, -0.05) is 172 Å². The highest BCUT2D eigenvalue weighted by Gasteiger charge is 2.21. The molecule has 0 unspecified atom stereocenters. The van der Waals surface area contributed by atoms with Crippen molar-refractivity contribution in [2.45, 2.75) is 106 Å². The van der Waals surface area contributed by atoms with Gasteiger partial charge >= 0.3 is 0 Å². The number of aromatic nitrogens is 4. The minimum Gasteiger partial charge on any atom is -0.311 e. The van der Waals surface area contributed by atoms with E-state index in [1.807, 2.05) is 0 Å². The maximum absolute atomic E-state index is 4.95. The van der Waals surface area contributed by atoms with Crippen molar-refractivity contribution in [3.63, 3.8) is 0 Å². The lowest BCUT2D eigenvalue weighted by Crippen LogP contribution is -2.09. The van der Waals surface area contributed by atoms with E-state index >= 15 is 0 Å². The molecule has 0 saturated heterocycles.